The molecule has 5 nitrogen and oxygen atoms in total. The first-order chi connectivity index (χ1) is 7.56. The second-order valence-corrected chi connectivity index (χ2v) is 3.53. The maximum Gasteiger partial charge on any atom is 0.312 e. The zero-order valence-corrected chi connectivity index (χ0v) is 9.64. The van der Waals surface area contributed by atoms with E-state index < -0.39 is 0 Å². The van der Waals surface area contributed by atoms with Crippen molar-refractivity contribution in [3.05, 3.63) is 18.3 Å². The summed E-state index contributed by atoms with van der Waals surface area (Å²) in [5.41, 5.74) is 6.12. The molecule has 1 aromatic rings. The molecule has 2 atom stereocenters. The lowest BCUT2D eigenvalue weighted by atomic mass is 10.1. The van der Waals surface area contributed by atoms with E-state index in [9.17, 15) is 4.79 Å². The van der Waals surface area contributed by atoms with E-state index in [2.05, 4.69) is 9.72 Å². The number of hydrogen-bond donors (Lipinski definition) is 1. The zero-order chi connectivity index (χ0) is 12.1. The monoisotopic (exact) mass is 224 g/mol. The van der Waals surface area contributed by atoms with Crippen LogP contribution in [0.15, 0.2) is 18.3 Å². The number of nitrogens with zero attached hydrogens (tertiary/aromatic N) is 1. The summed E-state index contributed by atoms with van der Waals surface area (Å²) in [5, 5.41) is 0. The molecule has 0 aromatic carbocycles. The molecule has 0 amide bonds. The van der Waals surface area contributed by atoms with Crippen LogP contribution in [0.5, 0.6) is 5.88 Å². The summed E-state index contributed by atoms with van der Waals surface area (Å²) in [6.45, 7) is 3.51. The predicted octanol–water partition coefficient (Wildman–Crippen LogP) is 1.24. The first-order valence-electron chi connectivity index (χ1n) is 5.01. The van der Waals surface area contributed by atoms with Crippen LogP contribution in [0.25, 0.3) is 0 Å². The molecule has 0 aliphatic carbocycles. The van der Waals surface area contributed by atoms with Gasteiger partial charge in [-0.05, 0) is 26.0 Å². The summed E-state index contributed by atoms with van der Waals surface area (Å²) in [5.74, 6) is -0.348. The average Bonchev–Trinajstić information content (AvgIpc) is 2.30. The van der Waals surface area contributed by atoms with Gasteiger partial charge in [-0.15, -0.1) is 0 Å². The van der Waals surface area contributed by atoms with Crippen LogP contribution in [0.4, 0.5) is 5.69 Å². The van der Waals surface area contributed by atoms with Gasteiger partial charge in [0, 0.05) is 6.20 Å². The van der Waals surface area contributed by atoms with Gasteiger partial charge in [0.1, 0.15) is 6.10 Å². The highest BCUT2D eigenvalue weighted by atomic mass is 16.5. The van der Waals surface area contributed by atoms with Crippen LogP contribution < -0.4 is 10.5 Å². The second-order valence-electron chi connectivity index (χ2n) is 3.53. The molecule has 1 heterocycles. The third-order valence-corrected chi connectivity index (χ3v) is 2.38. The first-order valence-corrected chi connectivity index (χ1v) is 5.01. The number of carbonyl (C=O) groups excluding carboxylic acids is 1. The summed E-state index contributed by atoms with van der Waals surface area (Å²) in [7, 11) is 1.35. The average molecular weight is 224 g/mol. The summed E-state index contributed by atoms with van der Waals surface area (Å²) in [6, 6.07) is 3.41. The van der Waals surface area contributed by atoms with Gasteiger partial charge in [0.25, 0.3) is 0 Å². The molecule has 0 fully saturated rings. The minimum Gasteiger partial charge on any atom is -0.472 e. The molecule has 0 spiro atoms. The molecular weight excluding hydrogens is 208 g/mol. The fourth-order valence-corrected chi connectivity index (χ4v) is 1.16. The number of aromatic nitrogens is 1. The van der Waals surface area contributed by atoms with Crippen LogP contribution in [0.3, 0.4) is 0 Å². The number of rotatable bonds is 4. The first kappa shape index (κ1) is 12.3. The standard InChI is InChI=1S/C11H16N2O3/c1-7(11(14)15-3)8(2)16-10-9(12)5-4-6-13-10/h4-8H,12H2,1-3H3/t7-,8+/m0/s1. The summed E-state index contributed by atoms with van der Waals surface area (Å²) in [6.07, 6.45) is 1.24. The number of nitrogens with two attached hydrogens (primary N) is 1. The Morgan fingerprint density at radius 1 is 1.50 bits per heavy atom. The number of carbonyl (C=O) groups is 1. The topological polar surface area (TPSA) is 74.4 Å². The number of pyridine rings is 1. The Morgan fingerprint density at radius 2 is 2.19 bits per heavy atom. The number of hydrogen-bond acceptors (Lipinski definition) is 5. The fraction of sp³-hybridized carbons (Fsp3) is 0.455. The quantitative estimate of drug-likeness (QED) is 0.779. The molecule has 0 saturated heterocycles. The molecule has 1 rings (SSSR count). The lowest BCUT2D eigenvalue weighted by molar-refractivity contribution is -0.147. The van der Waals surface area contributed by atoms with Crippen molar-refractivity contribution in [1.29, 1.82) is 0 Å². The highest BCUT2D eigenvalue weighted by Crippen LogP contribution is 2.20. The van der Waals surface area contributed by atoms with Gasteiger partial charge < -0.3 is 15.2 Å². The van der Waals surface area contributed by atoms with Crippen LogP contribution >= 0.6 is 0 Å². The Bertz CT molecular complexity index is 368. The summed E-state index contributed by atoms with van der Waals surface area (Å²) >= 11 is 0. The van der Waals surface area contributed by atoms with Crippen molar-refractivity contribution in [3.63, 3.8) is 0 Å². The number of nitrogen functional groups attached to an aromatic ring is 1. The van der Waals surface area contributed by atoms with Gasteiger partial charge >= 0.3 is 5.97 Å². The molecule has 0 saturated carbocycles. The lowest BCUT2D eigenvalue weighted by Gasteiger charge is -2.19. The third kappa shape index (κ3) is 2.85. The van der Waals surface area contributed by atoms with Crippen molar-refractivity contribution < 1.29 is 14.3 Å². The number of methoxy groups -OCH3 is 1. The van der Waals surface area contributed by atoms with E-state index in [-0.39, 0.29) is 18.0 Å². The normalized spacial score (nSPS) is 13.9. The van der Waals surface area contributed by atoms with Crippen molar-refractivity contribution in [2.45, 2.75) is 20.0 Å². The highest BCUT2D eigenvalue weighted by molar-refractivity contribution is 5.72. The Balaban J connectivity index is 2.68. The van der Waals surface area contributed by atoms with Crippen molar-refractivity contribution in [2.75, 3.05) is 12.8 Å². The van der Waals surface area contributed by atoms with Crippen LogP contribution in [-0.2, 0) is 9.53 Å². The zero-order valence-electron chi connectivity index (χ0n) is 9.64. The van der Waals surface area contributed by atoms with Gasteiger partial charge in [-0.3, -0.25) is 4.79 Å². The van der Waals surface area contributed by atoms with E-state index in [0.717, 1.165) is 0 Å². The molecule has 88 valence electrons. The van der Waals surface area contributed by atoms with E-state index in [1.807, 2.05) is 0 Å². The van der Waals surface area contributed by atoms with Gasteiger partial charge in [0.2, 0.25) is 5.88 Å². The third-order valence-electron chi connectivity index (χ3n) is 2.38. The Kier molecular flexibility index (Phi) is 4.10. The number of anilines is 1. The Hall–Kier alpha value is -1.78. The minimum atomic E-state index is -0.369. The predicted molar refractivity (Wildman–Crippen MR) is 59.9 cm³/mol. The van der Waals surface area contributed by atoms with Gasteiger partial charge in [0.15, 0.2) is 0 Å². The molecule has 2 N–H and O–H groups in total. The summed E-state index contributed by atoms with van der Waals surface area (Å²) in [4.78, 5) is 15.3. The van der Waals surface area contributed by atoms with Gasteiger partial charge in [-0.1, -0.05) is 0 Å². The van der Waals surface area contributed by atoms with Crippen molar-refractivity contribution in [2.24, 2.45) is 5.92 Å². The van der Waals surface area contributed by atoms with Crippen molar-refractivity contribution in [3.8, 4) is 5.88 Å². The minimum absolute atomic E-state index is 0.318. The Morgan fingerprint density at radius 3 is 2.75 bits per heavy atom. The second kappa shape index (κ2) is 5.34. The molecule has 0 aliphatic heterocycles. The SMILES string of the molecule is COC(=O)[C@@H](C)[C@@H](C)Oc1ncccc1N. The molecule has 0 aliphatic rings. The number of esters is 1. The van der Waals surface area contributed by atoms with Gasteiger partial charge in [0.05, 0.1) is 18.7 Å². The molecule has 16 heavy (non-hydrogen) atoms. The lowest BCUT2D eigenvalue weighted by Crippen LogP contribution is -2.29. The van der Waals surface area contributed by atoms with E-state index in [1.54, 1.807) is 32.2 Å². The molecule has 0 unspecified atom stereocenters. The summed E-state index contributed by atoms with van der Waals surface area (Å²) < 4.78 is 10.1. The maximum absolute atomic E-state index is 11.3. The van der Waals surface area contributed by atoms with Crippen molar-refractivity contribution >= 4 is 11.7 Å². The van der Waals surface area contributed by atoms with Crippen LogP contribution in [0.2, 0.25) is 0 Å². The fourth-order valence-electron chi connectivity index (χ4n) is 1.16. The number of ether oxygens (including phenoxy) is 2. The van der Waals surface area contributed by atoms with Crippen molar-refractivity contribution in [1.82, 2.24) is 4.98 Å². The molecule has 0 bridgehead atoms. The van der Waals surface area contributed by atoms with Gasteiger partial charge in [-0.25, -0.2) is 4.98 Å². The van der Waals surface area contributed by atoms with Gasteiger partial charge in [-0.2, -0.15) is 0 Å². The molecular formula is C11H16N2O3. The maximum atomic E-state index is 11.3. The Labute approximate surface area is 94.6 Å². The highest BCUT2D eigenvalue weighted by Gasteiger charge is 2.23. The molecule has 5 heteroatoms. The smallest absolute Gasteiger partial charge is 0.312 e. The van der Waals surface area contributed by atoms with Crippen LogP contribution in [0.1, 0.15) is 13.8 Å². The molecule has 1 aromatic heterocycles. The molecule has 0 radical (unpaired) electrons. The van der Waals surface area contributed by atoms with E-state index in [1.165, 1.54) is 7.11 Å². The van der Waals surface area contributed by atoms with E-state index in [0.29, 0.717) is 11.6 Å². The van der Waals surface area contributed by atoms with Crippen LogP contribution in [-0.4, -0.2) is 24.2 Å². The largest absolute Gasteiger partial charge is 0.472 e. The van der Waals surface area contributed by atoms with E-state index in [4.69, 9.17) is 10.5 Å². The van der Waals surface area contributed by atoms with E-state index >= 15 is 0 Å². The van der Waals surface area contributed by atoms with Crippen LogP contribution in [0, 0.1) is 5.92 Å².